The standard InChI is InChI=1S/C16H15N5O2.C15H15N7O.C12H18BNO3.C10H9BrN4O.C10H10N4O.C8H6F2O2.C5H6ClN3O.C5H4N.3C4H9.Sn/c1-21-9-10(6-7-12(21)22)13-14(11-5-3-4-8-18-11)19-16(17)20-15(13)23-2;1-22-8-9(5-6-11(22)23)12-13(10-4-2-3-7-18-10)19-15(16)20-14(12)21-17;1-11(2)12(3,4)17-13(16-11)9-6-7-10(15)14(5)8-9;1-16-9-7(11)8(14-10(12)15-9)6-4-2-3-5-13-6;1-15-9-6-8(13-10(11)14-9)7-4-2-3-5-12-7;9-6-2-1-3-7(10)5(6)4-8(11)12;1-10-4-2-3(6)8-5(7)9-4;1-2-4-6-5-3-1;3*1-3-4-2;/h3-9H,1-2H3,(H2,17,19,20);2-8H,17H2,1H3,(H3,16,19,20,21);6-8H,1-5H3;2-5H,1H3,(H2,12,14,15);2-6H,1H3,(H2,11,13,14);1-3H,4H2,(H,11,12);2H,1H3,(H2,7,8,9);1-4H;3*1,3-4H2,2H3;. The maximum atomic E-state index is 12.7. The zero-order chi connectivity index (χ0) is 98.5. The number of methoxy groups -OCH3 is 4. The molecule has 0 radical (unpaired) electrons. The van der Waals surface area contributed by atoms with Crippen molar-refractivity contribution in [3.8, 4) is 91.3 Å². The average molecular weight is 2040 g/mol. The summed E-state index contributed by atoms with van der Waals surface area (Å²) < 4.78 is 68.6. The van der Waals surface area contributed by atoms with Crippen LogP contribution in [0.5, 0.6) is 23.5 Å². The average Bonchev–Trinajstić information content (AvgIpc) is 1.63. The number of aryl methyl sites for hydroxylation is 3. The monoisotopic (exact) mass is 2040 g/mol. The van der Waals surface area contributed by atoms with Gasteiger partial charge in [0.1, 0.15) is 38.3 Å². The van der Waals surface area contributed by atoms with Crippen molar-refractivity contribution in [3.63, 3.8) is 0 Å². The molecule has 42 heteroatoms. The number of carbonyl (C=O) groups is 1. The van der Waals surface area contributed by atoms with Crippen LogP contribution < -0.4 is 84.7 Å². The van der Waals surface area contributed by atoms with Crippen molar-refractivity contribution in [3.05, 3.63) is 265 Å². The molecule has 14 heterocycles. The zero-order valence-electron chi connectivity index (χ0n) is 77.3. The Morgan fingerprint density at radius 3 is 1.31 bits per heavy atom. The number of unbranched alkanes of at least 4 members (excludes halogenated alkanes) is 3. The number of nitrogens with two attached hydrogens (primary N) is 6. The third-order valence-electron chi connectivity index (χ3n) is 20.7. The fraction of sp³-hybridized carbons (Fsp3) is 0.280. The molecule has 14 aromatic rings. The number of pyridine rings is 8. The Hall–Kier alpha value is -13.9. The van der Waals surface area contributed by atoms with Gasteiger partial charge >= 0.3 is 137 Å². The van der Waals surface area contributed by atoms with E-state index in [0.29, 0.717) is 84.8 Å². The molecule has 1 saturated heterocycles. The Morgan fingerprint density at radius 2 is 0.889 bits per heavy atom. The number of halogens is 4. The predicted molar refractivity (Wildman–Crippen MR) is 527 cm³/mol. The molecule has 13 aromatic heterocycles. The number of aliphatic carboxylic acids is 1. The Labute approximate surface area is 797 Å². The number of nitrogens with zero attached hydrogens (tertiary/aromatic N) is 18. The fourth-order valence-corrected chi connectivity index (χ4v) is 29.3. The van der Waals surface area contributed by atoms with Crippen LogP contribution in [-0.2, 0) is 41.7 Å². The second-order valence-corrected chi connectivity index (χ2v) is 45.0. The van der Waals surface area contributed by atoms with Gasteiger partial charge in [0.15, 0.2) is 5.82 Å². The molecule has 0 saturated carbocycles. The summed E-state index contributed by atoms with van der Waals surface area (Å²) in [4.78, 5) is 107. The molecule has 0 spiro atoms. The quantitative estimate of drug-likeness (QED) is 0.0121. The van der Waals surface area contributed by atoms with Crippen molar-refractivity contribution in [2.24, 2.45) is 27.0 Å². The van der Waals surface area contributed by atoms with Crippen molar-refractivity contribution in [1.29, 1.82) is 0 Å². The molecule has 0 unspecified atom stereocenters. The van der Waals surface area contributed by atoms with Gasteiger partial charge in [0.2, 0.25) is 69.9 Å². The van der Waals surface area contributed by atoms with Gasteiger partial charge in [-0.1, -0.05) is 48.0 Å². The van der Waals surface area contributed by atoms with Crippen LogP contribution in [0.15, 0.2) is 226 Å². The van der Waals surface area contributed by atoms with Gasteiger partial charge < -0.3 is 81.2 Å². The van der Waals surface area contributed by atoms with E-state index in [-0.39, 0.29) is 62.8 Å². The van der Waals surface area contributed by atoms with E-state index in [1.165, 1.54) is 124 Å². The second kappa shape index (κ2) is 51.9. The Bertz CT molecular complexity index is 6160. The Kier molecular flexibility index (Phi) is 40.9. The molecule has 135 heavy (non-hydrogen) atoms. The molecule has 0 atom stereocenters. The number of nitrogens with one attached hydrogen (secondary N) is 1. The molecule has 1 aliphatic rings. The molecule has 708 valence electrons. The van der Waals surface area contributed by atoms with Gasteiger partial charge in [0.25, 0.3) is 0 Å². The summed E-state index contributed by atoms with van der Waals surface area (Å²) in [6, 6.07) is 44.7. The van der Waals surface area contributed by atoms with E-state index in [1.54, 1.807) is 92.5 Å². The predicted octanol–water partition coefficient (Wildman–Crippen LogP) is 13.4. The summed E-state index contributed by atoms with van der Waals surface area (Å²) >= 11 is 6.68. The van der Waals surface area contributed by atoms with Gasteiger partial charge in [-0.15, -0.1) is 0 Å². The minimum absolute atomic E-state index is 0.0368. The second-order valence-electron chi connectivity index (χ2n) is 30.8. The number of hydrogen-bond donors (Lipinski definition) is 8. The van der Waals surface area contributed by atoms with Crippen LogP contribution in [0.1, 0.15) is 92.6 Å². The van der Waals surface area contributed by atoms with Crippen LogP contribution in [-0.4, -0.2) is 165 Å². The molecule has 14 N–H and O–H groups in total. The van der Waals surface area contributed by atoms with Gasteiger partial charge in [-0.05, 0) is 122 Å². The molecule has 1 aliphatic heterocycles. The summed E-state index contributed by atoms with van der Waals surface area (Å²) in [6.45, 7) is 15.0. The molecule has 0 amide bonds. The number of hydrogen-bond acceptors (Lipinski definition) is 32. The van der Waals surface area contributed by atoms with Crippen molar-refractivity contribution in [2.75, 3.05) is 62.5 Å². The zero-order valence-corrected chi connectivity index (χ0v) is 82.5. The van der Waals surface area contributed by atoms with E-state index in [2.05, 4.69) is 130 Å². The van der Waals surface area contributed by atoms with Gasteiger partial charge in [-0.25, -0.2) is 39.5 Å². The van der Waals surface area contributed by atoms with Crippen LogP contribution >= 0.6 is 27.5 Å². The Balaban J connectivity index is 0.000000192. The third-order valence-corrected chi connectivity index (χ3v) is 36.7. The summed E-state index contributed by atoms with van der Waals surface area (Å²) in [6.07, 6.45) is 21.5. The SMILES string of the molecule is CCC[CH2][Sn]([CH2]CCC)([CH2]CCC)[c]1ccccn1.COc1cc(-c2ccccn2)nc(N)n1.COc1cc(Cl)nc(N)n1.COc1nc(N)nc(-c2ccccn2)c1-c1ccc(=O)n(C)c1.COc1nc(N)nc(-c2ccccn2)c1Br.Cn1cc(-c2c(NN)nc(N)nc2-c2ccccn2)ccc1=O.Cn1cc(B2OC(C)(C)C(C)(C)O2)ccc1=O.O=C(O)Cc1c(F)cccc1F. The molecule has 36 nitrogen and oxygen atoms in total. The van der Waals surface area contributed by atoms with Crippen molar-refractivity contribution >= 4 is 104 Å². The van der Waals surface area contributed by atoms with Crippen LogP contribution in [0.2, 0.25) is 18.5 Å². The number of benzene rings is 1. The first-order valence-corrected chi connectivity index (χ1v) is 51.0. The fourth-order valence-electron chi connectivity index (χ4n) is 13.1. The third kappa shape index (κ3) is 30.8. The molecule has 0 bridgehead atoms. The summed E-state index contributed by atoms with van der Waals surface area (Å²) in [5.74, 6) is 5.20. The van der Waals surface area contributed by atoms with Crippen LogP contribution in [0.4, 0.5) is 44.3 Å². The smallest absolute Gasteiger partial charge is 0.481 e. The minimum atomic E-state index is -2.21. The van der Waals surface area contributed by atoms with Gasteiger partial charge in [-0.2, -0.15) is 24.9 Å². The summed E-state index contributed by atoms with van der Waals surface area (Å²) in [5.41, 5.74) is 37.8. The minimum Gasteiger partial charge on any atom is -0.481 e. The number of ether oxygens (including phenoxy) is 4. The van der Waals surface area contributed by atoms with Crippen LogP contribution in [0.25, 0.3) is 67.8 Å². The molecule has 0 aliphatic carbocycles. The molecule has 1 aromatic carbocycles. The first kappa shape index (κ1) is 106. The maximum Gasteiger partial charge on any atom is 0.496 e. The van der Waals surface area contributed by atoms with E-state index in [1.807, 2.05) is 107 Å². The van der Waals surface area contributed by atoms with Gasteiger partial charge in [0, 0.05) is 112 Å². The van der Waals surface area contributed by atoms with E-state index >= 15 is 0 Å². The number of rotatable bonds is 24. The van der Waals surface area contributed by atoms with E-state index < -0.39 is 55.1 Å². The molecule has 1 fully saturated rings. The van der Waals surface area contributed by atoms with Crippen LogP contribution in [0, 0.1) is 11.6 Å². The van der Waals surface area contributed by atoms with E-state index in [9.17, 15) is 28.0 Å². The first-order valence-electron chi connectivity index (χ1n) is 42.4. The number of aromatic nitrogens is 18. The molecular weight excluding hydrogens is 1930 g/mol. The number of hydrazine groups is 1. The molecular formula is C93H110BBrClF2N25O11Sn. The molecule has 15 rings (SSSR count). The maximum absolute atomic E-state index is 12.7. The number of anilines is 6. The normalized spacial score (nSPS) is 11.9. The topological polar surface area (TPSA) is 520 Å². The Morgan fingerprint density at radius 1 is 0.481 bits per heavy atom. The number of carboxylic acid groups (broad SMARTS) is 1. The van der Waals surface area contributed by atoms with Crippen molar-refractivity contribution in [2.45, 2.75) is 118 Å². The summed E-state index contributed by atoms with van der Waals surface area (Å²) in [5, 5.41) is 8.56. The number of nitrogen functional groups attached to an aromatic ring is 6. The van der Waals surface area contributed by atoms with Crippen LogP contribution in [0.3, 0.4) is 0 Å². The van der Waals surface area contributed by atoms with Crippen molar-refractivity contribution < 1.29 is 46.9 Å². The van der Waals surface area contributed by atoms with Gasteiger partial charge in [0.05, 0.1) is 85.7 Å². The summed E-state index contributed by atoms with van der Waals surface area (Å²) in [7, 11) is 10.7. The van der Waals surface area contributed by atoms with Crippen molar-refractivity contribution in [1.82, 2.24) is 88.5 Å². The van der Waals surface area contributed by atoms with Gasteiger partial charge in [-0.3, -0.25) is 39.1 Å². The van der Waals surface area contributed by atoms with E-state index in [4.69, 9.17) is 84.5 Å². The largest absolute Gasteiger partial charge is 0.496 e. The first-order chi connectivity index (χ1) is 64.5. The number of carboxylic acids is 1. The van der Waals surface area contributed by atoms with E-state index in [0.717, 1.165) is 34.4 Å².